The van der Waals surface area contributed by atoms with Gasteiger partial charge in [-0.05, 0) is 46.2 Å². The van der Waals surface area contributed by atoms with E-state index in [9.17, 15) is 5.11 Å². The van der Waals surface area contributed by atoms with E-state index in [0.717, 1.165) is 27.6 Å². The van der Waals surface area contributed by atoms with Crippen LogP contribution in [0.25, 0.3) is 21.9 Å². The SMILES string of the molecule is COc1ccc(-c2cccc3cc(O)ccc23)cc1. The molecule has 19 heavy (non-hydrogen) atoms. The number of hydrogen-bond donors (Lipinski definition) is 1. The van der Waals surface area contributed by atoms with E-state index in [-0.39, 0.29) is 0 Å². The number of methoxy groups -OCH3 is 1. The van der Waals surface area contributed by atoms with Gasteiger partial charge in [-0.1, -0.05) is 36.4 Å². The summed E-state index contributed by atoms with van der Waals surface area (Å²) in [5.41, 5.74) is 2.29. The molecule has 3 aromatic rings. The molecule has 0 unspecified atom stereocenters. The highest BCUT2D eigenvalue weighted by Gasteiger charge is 2.04. The van der Waals surface area contributed by atoms with Crippen molar-refractivity contribution in [2.75, 3.05) is 7.11 Å². The fourth-order valence-electron chi connectivity index (χ4n) is 2.29. The van der Waals surface area contributed by atoms with Gasteiger partial charge >= 0.3 is 0 Å². The zero-order valence-corrected chi connectivity index (χ0v) is 10.6. The van der Waals surface area contributed by atoms with Crippen LogP contribution in [0.2, 0.25) is 0 Å². The zero-order valence-electron chi connectivity index (χ0n) is 10.6. The third-order valence-electron chi connectivity index (χ3n) is 3.27. The van der Waals surface area contributed by atoms with Crippen molar-refractivity contribution in [2.24, 2.45) is 0 Å². The van der Waals surface area contributed by atoms with E-state index in [1.54, 1.807) is 19.2 Å². The summed E-state index contributed by atoms with van der Waals surface area (Å²) in [6.07, 6.45) is 0. The van der Waals surface area contributed by atoms with Crippen LogP contribution in [0.4, 0.5) is 0 Å². The Morgan fingerprint density at radius 1 is 0.895 bits per heavy atom. The number of rotatable bonds is 2. The van der Waals surface area contributed by atoms with E-state index in [4.69, 9.17) is 4.74 Å². The lowest BCUT2D eigenvalue weighted by molar-refractivity contribution is 0.415. The van der Waals surface area contributed by atoms with Gasteiger partial charge in [0.05, 0.1) is 7.11 Å². The third kappa shape index (κ3) is 2.13. The van der Waals surface area contributed by atoms with Gasteiger partial charge in [0.15, 0.2) is 0 Å². The highest BCUT2D eigenvalue weighted by atomic mass is 16.5. The second-order valence-corrected chi connectivity index (χ2v) is 4.44. The Morgan fingerprint density at radius 2 is 1.68 bits per heavy atom. The molecule has 3 aromatic carbocycles. The maximum atomic E-state index is 9.54. The number of benzene rings is 3. The highest BCUT2D eigenvalue weighted by Crippen LogP contribution is 2.31. The quantitative estimate of drug-likeness (QED) is 0.737. The minimum Gasteiger partial charge on any atom is -0.508 e. The summed E-state index contributed by atoms with van der Waals surface area (Å²) in [4.78, 5) is 0. The summed E-state index contributed by atoms with van der Waals surface area (Å²) in [6, 6.07) is 19.5. The van der Waals surface area contributed by atoms with Gasteiger partial charge < -0.3 is 9.84 Å². The molecule has 0 aliphatic rings. The Kier molecular flexibility index (Phi) is 2.84. The molecule has 3 rings (SSSR count). The van der Waals surface area contributed by atoms with Crippen LogP contribution in [0.1, 0.15) is 0 Å². The molecule has 0 aliphatic heterocycles. The first-order valence-electron chi connectivity index (χ1n) is 6.14. The van der Waals surface area contributed by atoms with E-state index >= 15 is 0 Å². The molecule has 0 spiro atoms. The second kappa shape index (κ2) is 4.65. The maximum Gasteiger partial charge on any atom is 0.118 e. The molecule has 0 aromatic heterocycles. The molecule has 0 amide bonds. The predicted molar refractivity (Wildman–Crippen MR) is 77.6 cm³/mol. The van der Waals surface area contributed by atoms with Crippen molar-refractivity contribution in [3.8, 4) is 22.6 Å². The molecule has 1 N–H and O–H groups in total. The molecule has 0 radical (unpaired) electrons. The standard InChI is InChI=1S/C17H14O2/c1-19-15-8-5-12(6-9-15)16-4-2-3-13-11-14(18)7-10-17(13)16/h2-11,18H,1H3. The average Bonchev–Trinajstić information content (AvgIpc) is 2.46. The monoisotopic (exact) mass is 250 g/mol. The zero-order chi connectivity index (χ0) is 13.2. The molecular formula is C17H14O2. The van der Waals surface area contributed by atoms with E-state index in [2.05, 4.69) is 6.07 Å². The van der Waals surface area contributed by atoms with Gasteiger partial charge in [-0.15, -0.1) is 0 Å². The van der Waals surface area contributed by atoms with E-state index < -0.39 is 0 Å². The lowest BCUT2D eigenvalue weighted by Gasteiger charge is -2.08. The first kappa shape index (κ1) is 11.6. The van der Waals surface area contributed by atoms with Crippen LogP contribution < -0.4 is 4.74 Å². The number of hydrogen-bond acceptors (Lipinski definition) is 2. The second-order valence-electron chi connectivity index (χ2n) is 4.44. The summed E-state index contributed by atoms with van der Waals surface area (Å²) in [5, 5.41) is 11.7. The van der Waals surface area contributed by atoms with Crippen LogP contribution in [0, 0.1) is 0 Å². The lowest BCUT2D eigenvalue weighted by Crippen LogP contribution is -1.84. The van der Waals surface area contributed by atoms with Crippen LogP contribution in [-0.4, -0.2) is 12.2 Å². The minimum absolute atomic E-state index is 0.291. The Balaban J connectivity index is 2.18. The van der Waals surface area contributed by atoms with Gasteiger partial charge in [0.1, 0.15) is 11.5 Å². The smallest absolute Gasteiger partial charge is 0.118 e. The van der Waals surface area contributed by atoms with Crippen LogP contribution in [0.3, 0.4) is 0 Å². The van der Waals surface area contributed by atoms with Crippen molar-refractivity contribution in [2.45, 2.75) is 0 Å². The number of ether oxygens (including phenoxy) is 1. The molecule has 94 valence electrons. The van der Waals surface area contributed by atoms with Crippen LogP contribution in [0.15, 0.2) is 60.7 Å². The van der Waals surface area contributed by atoms with E-state index in [0.29, 0.717) is 5.75 Å². The van der Waals surface area contributed by atoms with Crippen molar-refractivity contribution in [1.29, 1.82) is 0 Å². The molecular weight excluding hydrogens is 236 g/mol. The summed E-state index contributed by atoms with van der Waals surface area (Å²) < 4.78 is 5.18. The first-order valence-corrected chi connectivity index (χ1v) is 6.14. The normalized spacial score (nSPS) is 10.6. The lowest BCUT2D eigenvalue weighted by atomic mass is 9.98. The number of phenolic OH excluding ortho intramolecular Hbond substituents is 1. The van der Waals surface area contributed by atoms with Crippen LogP contribution in [-0.2, 0) is 0 Å². The summed E-state index contributed by atoms with van der Waals surface area (Å²) in [6.45, 7) is 0. The summed E-state index contributed by atoms with van der Waals surface area (Å²) >= 11 is 0. The largest absolute Gasteiger partial charge is 0.508 e. The van der Waals surface area contributed by atoms with Crippen molar-refractivity contribution in [3.05, 3.63) is 60.7 Å². The van der Waals surface area contributed by atoms with Crippen molar-refractivity contribution >= 4 is 10.8 Å². The topological polar surface area (TPSA) is 29.5 Å². The molecule has 0 atom stereocenters. The van der Waals surface area contributed by atoms with Gasteiger partial charge in [0, 0.05) is 0 Å². The van der Waals surface area contributed by atoms with Crippen molar-refractivity contribution in [1.82, 2.24) is 0 Å². The average molecular weight is 250 g/mol. The van der Waals surface area contributed by atoms with Crippen LogP contribution in [0.5, 0.6) is 11.5 Å². The molecule has 0 fully saturated rings. The minimum atomic E-state index is 0.291. The highest BCUT2D eigenvalue weighted by molar-refractivity contribution is 5.97. The van der Waals surface area contributed by atoms with Gasteiger partial charge in [-0.3, -0.25) is 0 Å². The molecule has 0 saturated carbocycles. The molecule has 2 nitrogen and oxygen atoms in total. The molecule has 0 aliphatic carbocycles. The van der Waals surface area contributed by atoms with E-state index in [1.165, 1.54) is 0 Å². The van der Waals surface area contributed by atoms with Crippen molar-refractivity contribution in [3.63, 3.8) is 0 Å². The van der Waals surface area contributed by atoms with Crippen molar-refractivity contribution < 1.29 is 9.84 Å². The Bertz CT molecular complexity index is 715. The molecule has 2 heteroatoms. The predicted octanol–water partition coefficient (Wildman–Crippen LogP) is 4.22. The third-order valence-corrected chi connectivity index (χ3v) is 3.27. The van der Waals surface area contributed by atoms with Gasteiger partial charge in [-0.25, -0.2) is 0 Å². The molecule has 0 heterocycles. The van der Waals surface area contributed by atoms with Gasteiger partial charge in [-0.2, -0.15) is 0 Å². The fourth-order valence-corrected chi connectivity index (χ4v) is 2.29. The Hall–Kier alpha value is -2.48. The number of aromatic hydroxyl groups is 1. The summed E-state index contributed by atoms with van der Waals surface area (Å²) in [5.74, 6) is 1.14. The summed E-state index contributed by atoms with van der Waals surface area (Å²) in [7, 11) is 1.66. The Morgan fingerprint density at radius 3 is 2.42 bits per heavy atom. The first-order chi connectivity index (χ1) is 9.28. The number of fused-ring (bicyclic) bond motifs is 1. The van der Waals surface area contributed by atoms with E-state index in [1.807, 2.05) is 42.5 Å². The van der Waals surface area contributed by atoms with Gasteiger partial charge in [0.25, 0.3) is 0 Å². The Labute approximate surface area is 111 Å². The number of phenols is 1. The van der Waals surface area contributed by atoms with Gasteiger partial charge in [0.2, 0.25) is 0 Å². The fraction of sp³-hybridized carbons (Fsp3) is 0.0588. The maximum absolute atomic E-state index is 9.54. The molecule has 0 saturated heterocycles. The van der Waals surface area contributed by atoms with Crippen LogP contribution >= 0.6 is 0 Å². The molecule has 0 bridgehead atoms.